The summed E-state index contributed by atoms with van der Waals surface area (Å²) in [7, 11) is 0. The Morgan fingerprint density at radius 2 is 2.00 bits per heavy atom. The highest BCUT2D eigenvalue weighted by Gasteiger charge is 2.50. The molecule has 5 rings (SSSR count). The van der Waals surface area contributed by atoms with Gasteiger partial charge in [-0.3, -0.25) is 9.78 Å². The molecule has 35 heavy (non-hydrogen) atoms. The van der Waals surface area contributed by atoms with Crippen LogP contribution in [0.1, 0.15) is 12.0 Å². The number of nitrogens with zero attached hydrogens (tertiary/aromatic N) is 4. The van der Waals surface area contributed by atoms with Crippen LogP contribution < -0.4 is 20.9 Å². The Morgan fingerprint density at radius 3 is 2.74 bits per heavy atom. The average Bonchev–Trinajstić information content (AvgIpc) is 3.38. The van der Waals surface area contributed by atoms with E-state index in [0.29, 0.717) is 6.07 Å². The van der Waals surface area contributed by atoms with Crippen molar-refractivity contribution in [1.29, 1.82) is 0 Å². The summed E-state index contributed by atoms with van der Waals surface area (Å²) in [5.74, 6) is -4.91. The van der Waals surface area contributed by atoms with Crippen molar-refractivity contribution >= 4 is 11.3 Å². The number of halogens is 5. The second kappa shape index (κ2) is 8.21. The molecule has 182 valence electrons. The number of nitrogens with one attached hydrogen (secondary N) is 2. The minimum Gasteiger partial charge on any atom is -0.482 e. The number of ether oxygens (including phenoxy) is 1. The maximum atomic E-state index is 14.9. The lowest BCUT2D eigenvalue weighted by Gasteiger charge is -2.20. The van der Waals surface area contributed by atoms with Gasteiger partial charge < -0.3 is 14.6 Å². The molecule has 1 saturated heterocycles. The highest BCUT2D eigenvalue weighted by Crippen LogP contribution is 2.37. The third-order valence-electron chi connectivity index (χ3n) is 5.52. The molecule has 0 radical (unpaired) electrons. The summed E-state index contributed by atoms with van der Waals surface area (Å²) in [4.78, 5) is 33.4. The van der Waals surface area contributed by atoms with E-state index in [1.54, 1.807) is 0 Å². The first-order valence-electron chi connectivity index (χ1n) is 10.2. The Morgan fingerprint density at radius 1 is 1.20 bits per heavy atom. The van der Waals surface area contributed by atoms with Crippen LogP contribution in [0.5, 0.6) is 5.75 Å². The standard InChI is InChI=1S/C21H15F5N6O3/c22-13-2-1-10(5-11(13)17(23)24)35-16-8-31(9-21(16,25)26)15-6-14(30-32-4-3-27-18(15)32)12-7-28-20(34)29-19(12)33/h1-7,16-17H,8-9H2,(H2,28,29,33,34). The first-order chi connectivity index (χ1) is 16.6. The van der Waals surface area contributed by atoms with Gasteiger partial charge in [0.25, 0.3) is 12.0 Å². The summed E-state index contributed by atoms with van der Waals surface area (Å²) in [6.07, 6.45) is -0.898. The smallest absolute Gasteiger partial charge is 0.325 e. The van der Waals surface area contributed by atoms with E-state index in [9.17, 15) is 31.5 Å². The van der Waals surface area contributed by atoms with Crippen LogP contribution >= 0.6 is 0 Å². The maximum absolute atomic E-state index is 14.9. The maximum Gasteiger partial charge on any atom is 0.325 e. The molecule has 3 aromatic heterocycles. The Kier molecular flexibility index (Phi) is 5.29. The molecule has 1 atom stereocenters. The van der Waals surface area contributed by atoms with E-state index in [-0.39, 0.29) is 34.9 Å². The van der Waals surface area contributed by atoms with Gasteiger partial charge >= 0.3 is 11.6 Å². The van der Waals surface area contributed by atoms with E-state index < -0.39 is 47.6 Å². The summed E-state index contributed by atoms with van der Waals surface area (Å²) in [5, 5.41) is 4.25. The number of anilines is 1. The molecular weight excluding hydrogens is 479 g/mol. The molecule has 0 bridgehead atoms. The average molecular weight is 494 g/mol. The van der Waals surface area contributed by atoms with E-state index in [2.05, 4.69) is 20.1 Å². The van der Waals surface area contributed by atoms with Gasteiger partial charge in [0, 0.05) is 18.6 Å². The molecule has 1 fully saturated rings. The summed E-state index contributed by atoms with van der Waals surface area (Å²) >= 11 is 0. The van der Waals surface area contributed by atoms with Crippen molar-refractivity contribution < 1.29 is 26.7 Å². The Bertz CT molecular complexity index is 1530. The van der Waals surface area contributed by atoms with Gasteiger partial charge in [0.1, 0.15) is 17.3 Å². The molecule has 2 N–H and O–H groups in total. The van der Waals surface area contributed by atoms with E-state index in [1.165, 1.54) is 27.9 Å². The highest BCUT2D eigenvalue weighted by molar-refractivity contribution is 5.74. The van der Waals surface area contributed by atoms with Gasteiger partial charge in [0.2, 0.25) is 0 Å². The predicted molar refractivity (Wildman–Crippen MR) is 113 cm³/mol. The fourth-order valence-corrected chi connectivity index (χ4v) is 3.85. The largest absolute Gasteiger partial charge is 0.482 e. The van der Waals surface area contributed by atoms with Gasteiger partial charge in [0.05, 0.1) is 29.9 Å². The van der Waals surface area contributed by atoms with Crippen LogP contribution in [-0.4, -0.2) is 49.7 Å². The number of alkyl halides is 4. The van der Waals surface area contributed by atoms with Crippen molar-refractivity contribution in [1.82, 2.24) is 24.6 Å². The summed E-state index contributed by atoms with van der Waals surface area (Å²) in [5.41, 5.74) is -1.92. The van der Waals surface area contributed by atoms with Crippen LogP contribution in [0.15, 0.2) is 52.4 Å². The van der Waals surface area contributed by atoms with Crippen LogP contribution in [0.3, 0.4) is 0 Å². The summed E-state index contributed by atoms with van der Waals surface area (Å²) < 4.78 is 75.9. The van der Waals surface area contributed by atoms with Gasteiger partial charge in [-0.25, -0.2) is 36.2 Å². The number of benzene rings is 1. The molecule has 0 aliphatic carbocycles. The second-order valence-corrected chi connectivity index (χ2v) is 7.83. The highest BCUT2D eigenvalue weighted by atomic mass is 19.3. The second-order valence-electron chi connectivity index (χ2n) is 7.83. The lowest BCUT2D eigenvalue weighted by Crippen LogP contribution is -2.36. The number of fused-ring (bicyclic) bond motifs is 1. The molecule has 4 aromatic rings. The Hall–Kier alpha value is -4.23. The summed E-state index contributed by atoms with van der Waals surface area (Å²) in [6.45, 7) is -1.18. The zero-order chi connectivity index (χ0) is 24.9. The van der Waals surface area contributed by atoms with Gasteiger partial charge in [-0.1, -0.05) is 0 Å². The first-order valence-corrected chi connectivity index (χ1v) is 10.2. The molecule has 0 spiro atoms. The number of aromatic amines is 2. The van der Waals surface area contributed by atoms with Crippen molar-refractivity contribution in [2.45, 2.75) is 18.5 Å². The lowest BCUT2D eigenvalue weighted by molar-refractivity contribution is -0.0595. The number of H-pyrrole nitrogens is 2. The third kappa shape index (κ3) is 4.11. The van der Waals surface area contributed by atoms with Crippen molar-refractivity contribution in [3.05, 3.63) is 75.1 Å². The fourth-order valence-electron chi connectivity index (χ4n) is 3.85. The van der Waals surface area contributed by atoms with Gasteiger partial charge in [-0.2, -0.15) is 5.10 Å². The molecule has 9 nitrogen and oxygen atoms in total. The SMILES string of the molecule is O=c1[nH]cc(-c2cc(N3CC(Oc4ccc(F)c(C(F)F)c4)C(F)(F)C3)c3nccn3n2)c(=O)[nH]1. The van der Waals surface area contributed by atoms with Gasteiger partial charge in [-0.15, -0.1) is 0 Å². The molecule has 0 amide bonds. The molecule has 1 aliphatic rings. The third-order valence-corrected chi connectivity index (χ3v) is 5.52. The number of aromatic nitrogens is 5. The normalized spacial score (nSPS) is 17.4. The zero-order valence-corrected chi connectivity index (χ0v) is 17.5. The predicted octanol–water partition coefficient (Wildman–Crippen LogP) is 2.75. The molecule has 1 unspecified atom stereocenters. The van der Waals surface area contributed by atoms with Crippen LogP contribution in [0.4, 0.5) is 27.6 Å². The van der Waals surface area contributed by atoms with Crippen LogP contribution in [0.25, 0.3) is 16.9 Å². The number of hydrogen-bond donors (Lipinski definition) is 2. The molecule has 1 aliphatic heterocycles. The zero-order valence-electron chi connectivity index (χ0n) is 17.5. The lowest BCUT2D eigenvalue weighted by atomic mass is 10.2. The first kappa shape index (κ1) is 22.6. The number of rotatable bonds is 5. The van der Waals surface area contributed by atoms with Crippen molar-refractivity contribution in [2.75, 3.05) is 18.0 Å². The van der Waals surface area contributed by atoms with E-state index in [4.69, 9.17) is 4.74 Å². The fraction of sp³-hybridized carbons (Fsp3) is 0.238. The molecule has 1 aromatic carbocycles. The number of imidazole rings is 1. The topological polar surface area (TPSA) is 108 Å². The van der Waals surface area contributed by atoms with E-state index >= 15 is 0 Å². The molecular formula is C21H15F5N6O3. The minimum absolute atomic E-state index is 0.00829. The van der Waals surface area contributed by atoms with Crippen molar-refractivity contribution in [3.63, 3.8) is 0 Å². The van der Waals surface area contributed by atoms with Crippen LogP contribution in [0, 0.1) is 5.82 Å². The van der Waals surface area contributed by atoms with E-state index in [0.717, 1.165) is 18.3 Å². The quantitative estimate of drug-likeness (QED) is 0.413. The summed E-state index contributed by atoms with van der Waals surface area (Å²) in [6, 6.07) is 3.79. The monoisotopic (exact) mass is 494 g/mol. The number of hydrogen-bond acceptors (Lipinski definition) is 6. The Balaban J connectivity index is 1.50. The van der Waals surface area contributed by atoms with Crippen LogP contribution in [0.2, 0.25) is 0 Å². The minimum atomic E-state index is -3.41. The molecule has 0 saturated carbocycles. The van der Waals surface area contributed by atoms with Gasteiger partial charge in [-0.05, 0) is 24.3 Å². The molecule has 4 heterocycles. The van der Waals surface area contributed by atoms with Crippen LogP contribution in [-0.2, 0) is 0 Å². The van der Waals surface area contributed by atoms with Crippen molar-refractivity contribution in [3.8, 4) is 17.0 Å². The Labute approximate surface area is 191 Å². The van der Waals surface area contributed by atoms with Crippen molar-refractivity contribution in [2.24, 2.45) is 0 Å². The van der Waals surface area contributed by atoms with E-state index in [1.807, 2.05) is 0 Å². The molecule has 14 heteroatoms. The van der Waals surface area contributed by atoms with Gasteiger partial charge in [0.15, 0.2) is 11.8 Å².